The van der Waals surface area contributed by atoms with Crippen LogP contribution in [0.2, 0.25) is 0 Å². The minimum absolute atomic E-state index is 0.408. The van der Waals surface area contributed by atoms with E-state index in [2.05, 4.69) is 111 Å². The van der Waals surface area contributed by atoms with E-state index < -0.39 is 0 Å². The Morgan fingerprint density at radius 2 is 0.963 bits per heavy atom. The Balaban J connectivity index is 1.86. The first-order valence-electron chi connectivity index (χ1n) is 10.1. The molecule has 1 aliphatic heterocycles. The van der Waals surface area contributed by atoms with Crippen molar-refractivity contribution in [3.05, 3.63) is 101 Å². The lowest BCUT2D eigenvalue weighted by atomic mass is 9.92. The standard InChI is InChI=1S/C26H29N/c1-18(2)22-16-11-17-23(19(3)4)26(22)27-24(20-12-7-5-8-13-20)25(27)21-14-9-6-10-15-21/h5-19,24-25H,1-4H3/t24-,25?,27?/m0/s1. The van der Waals surface area contributed by atoms with E-state index in [0.717, 1.165) is 0 Å². The number of anilines is 1. The summed E-state index contributed by atoms with van der Waals surface area (Å²) in [5.41, 5.74) is 7.17. The maximum atomic E-state index is 2.65. The second kappa shape index (κ2) is 7.23. The van der Waals surface area contributed by atoms with E-state index in [1.807, 2.05) is 0 Å². The molecule has 0 amide bonds. The Labute approximate surface area is 163 Å². The third-order valence-electron chi connectivity index (χ3n) is 5.69. The van der Waals surface area contributed by atoms with Crippen LogP contribution in [0.25, 0.3) is 0 Å². The summed E-state index contributed by atoms with van der Waals surface area (Å²) in [5, 5.41) is 0. The van der Waals surface area contributed by atoms with E-state index in [0.29, 0.717) is 23.9 Å². The molecule has 1 heteroatoms. The summed E-state index contributed by atoms with van der Waals surface area (Å²) in [6, 6.07) is 29.6. The van der Waals surface area contributed by atoms with Gasteiger partial charge in [-0.15, -0.1) is 0 Å². The van der Waals surface area contributed by atoms with Crippen LogP contribution in [0.1, 0.15) is 73.9 Å². The van der Waals surface area contributed by atoms with Crippen LogP contribution in [0.15, 0.2) is 78.9 Å². The molecule has 0 aliphatic carbocycles. The normalized spacial score (nSPS) is 19.0. The van der Waals surface area contributed by atoms with Crippen molar-refractivity contribution in [1.82, 2.24) is 0 Å². The van der Waals surface area contributed by atoms with Crippen LogP contribution in [0.3, 0.4) is 0 Å². The van der Waals surface area contributed by atoms with Gasteiger partial charge >= 0.3 is 0 Å². The molecule has 0 spiro atoms. The minimum atomic E-state index is 0.408. The van der Waals surface area contributed by atoms with Crippen LogP contribution in [-0.2, 0) is 0 Å². The van der Waals surface area contributed by atoms with Crippen LogP contribution in [0.5, 0.6) is 0 Å². The summed E-state index contributed by atoms with van der Waals surface area (Å²) < 4.78 is 0. The molecule has 0 radical (unpaired) electrons. The quantitative estimate of drug-likeness (QED) is 0.436. The zero-order valence-corrected chi connectivity index (χ0v) is 16.8. The first-order chi connectivity index (χ1) is 13.1. The van der Waals surface area contributed by atoms with Crippen molar-refractivity contribution in [1.29, 1.82) is 0 Å². The van der Waals surface area contributed by atoms with Crippen molar-refractivity contribution in [2.45, 2.75) is 51.6 Å². The summed E-state index contributed by atoms with van der Waals surface area (Å²) in [4.78, 5) is 2.65. The second-order valence-corrected chi connectivity index (χ2v) is 8.21. The molecule has 3 aromatic carbocycles. The van der Waals surface area contributed by atoms with Crippen molar-refractivity contribution in [2.75, 3.05) is 4.90 Å². The molecule has 2 atom stereocenters. The first kappa shape index (κ1) is 17.9. The highest BCUT2D eigenvalue weighted by Gasteiger charge is 2.51. The number of hydrogen-bond acceptors (Lipinski definition) is 1. The predicted octanol–water partition coefficient (Wildman–Crippen LogP) is 7.24. The molecular weight excluding hydrogens is 326 g/mol. The van der Waals surface area contributed by atoms with Crippen molar-refractivity contribution < 1.29 is 0 Å². The third kappa shape index (κ3) is 3.27. The Morgan fingerprint density at radius 3 is 1.33 bits per heavy atom. The molecule has 138 valence electrons. The molecule has 4 rings (SSSR count). The number of para-hydroxylation sites is 1. The van der Waals surface area contributed by atoms with Crippen LogP contribution >= 0.6 is 0 Å². The predicted molar refractivity (Wildman–Crippen MR) is 115 cm³/mol. The lowest BCUT2D eigenvalue weighted by Crippen LogP contribution is -2.07. The maximum Gasteiger partial charge on any atom is 0.0796 e. The fraction of sp³-hybridized carbons (Fsp3) is 0.308. The van der Waals surface area contributed by atoms with Gasteiger partial charge in [0.25, 0.3) is 0 Å². The summed E-state index contributed by atoms with van der Waals surface area (Å²) in [6.07, 6.45) is 0. The van der Waals surface area contributed by atoms with Gasteiger partial charge in [0.2, 0.25) is 0 Å². The summed E-state index contributed by atoms with van der Waals surface area (Å²) >= 11 is 0. The number of hydrogen-bond donors (Lipinski definition) is 0. The number of benzene rings is 3. The molecule has 1 unspecified atom stereocenters. The van der Waals surface area contributed by atoms with Crippen LogP contribution in [0.4, 0.5) is 5.69 Å². The van der Waals surface area contributed by atoms with Gasteiger partial charge in [-0.1, -0.05) is 107 Å². The molecule has 0 N–H and O–H groups in total. The summed E-state index contributed by atoms with van der Waals surface area (Å²) in [5.74, 6) is 1.01. The minimum Gasteiger partial charge on any atom is -0.352 e. The highest BCUT2D eigenvalue weighted by atomic mass is 15.4. The highest BCUT2D eigenvalue weighted by molar-refractivity contribution is 5.70. The average Bonchev–Trinajstić information content (AvgIpc) is 3.44. The maximum absolute atomic E-state index is 2.65. The molecule has 3 aromatic rings. The second-order valence-electron chi connectivity index (χ2n) is 8.21. The van der Waals surface area contributed by atoms with E-state index >= 15 is 0 Å². The molecule has 0 saturated carbocycles. The van der Waals surface area contributed by atoms with Crippen LogP contribution < -0.4 is 4.90 Å². The average molecular weight is 356 g/mol. The van der Waals surface area contributed by atoms with Gasteiger partial charge in [0.1, 0.15) is 0 Å². The van der Waals surface area contributed by atoms with E-state index in [1.165, 1.54) is 27.9 Å². The van der Waals surface area contributed by atoms with Crippen molar-refractivity contribution >= 4 is 5.69 Å². The zero-order chi connectivity index (χ0) is 19.0. The van der Waals surface area contributed by atoms with Crippen molar-refractivity contribution in [2.24, 2.45) is 0 Å². The molecule has 1 heterocycles. The smallest absolute Gasteiger partial charge is 0.0796 e. The molecule has 1 aliphatic rings. The van der Waals surface area contributed by atoms with Gasteiger partial charge < -0.3 is 4.90 Å². The molecule has 0 bridgehead atoms. The topological polar surface area (TPSA) is 3.01 Å². The lowest BCUT2D eigenvalue weighted by Gasteiger charge is -2.22. The van der Waals surface area contributed by atoms with E-state index in [-0.39, 0.29) is 0 Å². The lowest BCUT2D eigenvalue weighted by molar-refractivity contribution is 0.828. The largest absolute Gasteiger partial charge is 0.352 e. The fourth-order valence-corrected chi connectivity index (χ4v) is 4.31. The van der Waals surface area contributed by atoms with E-state index in [1.54, 1.807) is 0 Å². The Kier molecular flexibility index (Phi) is 4.78. The Bertz CT molecular complexity index is 824. The summed E-state index contributed by atoms with van der Waals surface area (Å²) in [6.45, 7) is 9.23. The van der Waals surface area contributed by atoms with Gasteiger partial charge in [0.15, 0.2) is 0 Å². The summed E-state index contributed by atoms with van der Waals surface area (Å²) in [7, 11) is 0. The molecular formula is C26H29N. The Morgan fingerprint density at radius 1 is 0.556 bits per heavy atom. The number of rotatable bonds is 5. The zero-order valence-electron chi connectivity index (χ0n) is 16.8. The van der Waals surface area contributed by atoms with Crippen LogP contribution in [0, 0.1) is 0 Å². The number of nitrogens with zero attached hydrogens (tertiary/aromatic N) is 1. The van der Waals surface area contributed by atoms with Crippen molar-refractivity contribution in [3.8, 4) is 0 Å². The molecule has 27 heavy (non-hydrogen) atoms. The molecule has 1 saturated heterocycles. The van der Waals surface area contributed by atoms with Gasteiger partial charge in [-0.05, 0) is 34.1 Å². The van der Waals surface area contributed by atoms with Crippen molar-refractivity contribution in [3.63, 3.8) is 0 Å². The van der Waals surface area contributed by atoms with Gasteiger partial charge in [-0.3, -0.25) is 0 Å². The first-order valence-corrected chi connectivity index (χ1v) is 10.1. The van der Waals surface area contributed by atoms with E-state index in [9.17, 15) is 0 Å². The van der Waals surface area contributed by atoms with Gasteiger partial charge in [-0.2, -0.15) is 0 Å². The molecule has 1 nitrogen and oxygen atoms in total. The van der Waals surface area contributed by atoms with Gasteiger partial charge in [0.05, 0.1) is 12.1 Å². The monoisotopic (exact) mass is 355 g/mol. The van der Waals surface area contributed by atoms with Gasteiger partial charge in [-0.25, -0.2) is 0 Å². The van der Waals surface area contributed by atoms with Crippen LogP contribution in [-0.4, -0.2) is 0 Å². The molecule has 0 aromatic heterocycles. The highest BCUT2D eigenvalue weighted by Crippen LogP contribution is 2.59. The third-order valence-corrected chi connectivity index (χ3v) is 5.69. The molecule has 1 fully saturated rings. The van der Waals surface area contributed by atoms with Gasteiger partial charge in [0, 0.05) is 5.69 Å². The SMILES string of the molecule is CC(C)c1cccc(C(C)C)c1N1C(c2ccccc2)[C@@H]1c1ccccc1. The van der Waals surface area contributed by atoms with E-state index in [4.69, 9.17) is 0 Å². The Hall–Kier alpha value is -2.54. The fourth-order valence-electron chi connectivity index (χ4n) is 4.31.